The van der Waals surface area contributed by atoms with E-state index in [9.17, 15) is 23.1 Å². The van der Waals surface area contributed by atoms with Crippen molar-refractivity contribution in [3.8, 4) is 0 Å². The molecule has 0 atom stereocenters. The van der Waals surface area contributed by atoms with Crippen LogP contribution in [0, 0.1) is 0 Å². The minimum atomic E-state index is -3.67. The highest BCUT2D eigenvalue weighted by atomic mass is 32.2. The molecule has 0 heterocycles. The first-order chi connectivity index (χ1) is 11.5. The zero-order chi connectivity index (χ0) is 18.2. The molecule has 3 nitrogen and oxygen atoms in total. The molecule has 0 saturated carbocycles. The predicted octanol–water partition coefficient (Wildman–Crippen LogP) is 5.38. The number of benzene rings is 2. The molecule has 0 N–H and O–H groups in total. The number of hydrogen-bond acceptors (Lipinski definition) is 3. The van der Waals surface area contributed by atoms with Crippen LogP contribution in [-0.2, 0) is 16.3 Å². The van der Waals surface area contributed by atoms with Crippen LogP contribution in [0.2, 0.25) is 0 Å². The summed E-state index contributed by atoms with van der Waals surface area (Å²) in [4.78, 5) is 11.2. The lowest BCUT2D eigenvalue weighted by Crippen LogP contribution is -2.02. The van der Waals surface area contributed by atoms with Crippen molar-refractivity contribution in [2.24, 2.45) is 0 Å². The number of thioether (sulfide) groups is 1. The van der Waals surface area contributed by atoms with Gasteiger partial charge in [0, 0.05) is 11.3 Å². The Bertz CT molecular complexity index is 537. The highest BCUT2D eigenvalue weighted by Gasteiger charge is 1.98. The van der Waals surface area contributed by atoms with Crippen LogP contribution in [0.4, 0.5) is 18.0 Å². The van der Waals surface area contributed by atoms with Crippen molar-refractivity contribution in [1.82, 2.24) is 0 Å². The van der Waals surface area contributed by atoms with E-state index in [2.05, 4.69) is 23.1 Å². The minimum Gasteiger partial charge on any atom is -0.431 e. The van der Waals surface area contributed by atoms with Gasteiger partial charge in [0.1, 0.15) is 0 Å². The van der Waals surface area contributed by atoms with Gasteiger partial charge in [-0.15, -0.1) is 11.8 Å². The smallest absolute Gasteiger partial charge is 0.431 e. The van der Waals surface area contributed by atoms with E-state index in [4.69, 9.17) is 0 Å². The van der Waals surface area contributed by atoms with Crippen LogP contribution in [-0.4, -0.2) is 25.7 Å². The molecule has 0 spiro atoms. The molecule has 0 bridgehead atoms. The Morgan fingerprint density at radius 3 is 1.83 bits per heavy atom. The van der Waals surface area contributed by atoms with Crippen molar-refractivity contribution in [2.45, 2.75) is 18.0 Å². The van der Waals surface area contributed by atoms with E-state index in [1.54, 1.807) is 11.8 Å². The summed E-state index contributed by atoms with van der Waals surface area (Å²) in [5.41, 5.74) is 1.05. The molecule has 0 unspecified atom stereocenters. The lowest BCUT2D eigenvalue weighted by molar-refractivity contribution is 0.00817. The molecule has 2 aromatic rings. The maximum Gasteiger partial charge on any atom is 0.550 e. The molecule has 24 heavy (non-hydrogen) atoms. The number of hydrogen-bond donors (Lipinski definition) is 0. The Morgan fingerprint density at radius 1 is 1.00 bits per heavy atom. The van der Waals surface area contributed by atoms with Crippen LogP contribution in [0.1, 0.15) is 5.56 Å². The number of carbonyl (C=O) groups excluding carboxylic acids is 1. The Hall–Kier alpha value is -2.15. The fraction of sp³-hybridized carbons (Fsp3) is 0.235. The Morgan fingerprint density at radius 2 is 1.46 bits per heavy atom. The number of carbonyl (C=O) groups is 1. The average molecular weight is 359 g/mol. The van der Waals surface area contributed by atoms with Gasteiger partial charge >= 0.3 is 12.8 Å². The van der Waals surface area contributed by atoms with E-state index in [0.29, 0.717) is 6.42 Å². The molecule has 7 heteroatoms. The second-order valence-corrected chi connectivity index (χ2v) is 4.98. The largest absolute Gasteiger partial charge is 0.550 e. The Labute approximate surface area is 143 Å². The van der Waals surface area contributed by atoms with Gasteiger partial charge in [-0.3, -0.25) is 0 Å². The minimum absolute atomic E-state index is 0.159. The van der Waals surface area contributed by atoms with Crippen molar-refractivity contribution in [2.75, 3.05) is 12.9 Å². The molecular formula is C17H18F3O3S. The van der Waals surface area contributed by atoms with Crippen molar-refractivity contribution in [3.63, 3.8) is 0 Å². The topological polar surface area (TPSA) is 46.2 Å². The van der Waals surface area contributed by atoms with Gasteiger partial charge < -0.3 is 4.74 Å². The molecule has 1 radical (unpaired) electrons. The molecule has 0 amide bonds. The SMILES string of the molecule is CSc1ccccc1.FC(F)F.[O]C(=O)OCCc1ccccc1. The molecule has 131 valence electrons. The number of alkyl halides is 3. The van der Waals surface area contributed by atoms with E-state index in [0.717, 1.165) is 5.56 Å². The summed E-state index contributed by atoms with van der Waals surface area (Å²) in [5.74, 6) is 0. The zero-order valence-electron chi connectivity index (χ0n) is 13.0. The second-order valence-electron chi connectivity index (χ2n) is 4.10. The second kappa shape index (κ2) is 14.4. The first-order valence-electron chi connectivity index (χ1n) is 6.84. The summed E-state index contributed by atoms with van der Waals surface area (Å²) < 4.78 is 33.3. The monoisotopic (exact) mass is 359 g/mol. The number of rotatable bonds is 4. The van der Waals surface area contributed by atoms with E-state index in [1.165, 1.54) is 4.90 Å². The summed E-state index contributed by atoms with van der Waals surface area (Å²) in [6, 6.07) is 19.9. The summed E-state index contributed by atoms with van der Waals surface area (Å²) in [6.07, 6.45) is 1.20. The molecule has 2 aromatic carbocycles. The predicted molar refractivity (Wildman–Crippen MR) is 87.5 cm³/mol. The quantitative estimate of drug-likeness (QED) is 0.544. The van der Waals surface area contributed by atoms with Gasteiger partial charge in [-0.2, -0.15) is 23.1 Å². The molecule has 0 fully saturated rings. The maximum atomic E-state index is 9.86. The van der Waals surface area contributed by atoms with Crippen molar-refractivity contribution in [3.05, 3.63) is 66.2 Å². The van der Waals surface area contributed by atoms with Gasteiger partial charge in [-0.25, -0.2) is 0 Å². The van der Waals surface area contributed by atoms with Crippen LogP contribution < -0.4 is 0 Å². The highest BCUT2D eigenvalue weighted by Crippen LogP contribution is 2.11. The van der Waals surface area contributed by atoms with Crippen molar-refractivity contribution >= 4 is 17.9 Å². The van der Waals surface area contributed by atoms with Crippen LogP contribution in [0.5, 0.6) is 0 Å². The molecule has 0 saturated heterocycles. The fourth-order valence-corrected chi connectivity index (χ4v) is 1.88. The molecule has 0 aliphatic carbocycles. The highest BCUT2D eigenvalue weighted by molar-refractivity contribution is 7.98. The maximum absolute atomic E-state index is 9.86. The normalized spacial score (nSPS) is 9.21. The number of halogens is 3. The van der Waals surface area contributed by atoms with E-state index in [-0.39, 0.29) is 6.61 Å². The van der Waals surface area contributed by atoms with Crippen LogP contribution >= 0.6 is 11.8 Å². The van der Waals surface area contributed by atoms with Crippen molar-refractivity contribution < 1.29 is 27.8 Å². The van der Waals surface area contributed by atoms with E-state index >= 15 is 0 Å². The first-order valence-corrected chi connectivity index (χ1v) is 8.07. The fourth-order valence-electron chi connectivity index (χ4n) is 1.45. The molecule has 2 rings (SSSR count). The molecule has 0 aromatic heterocycles. The van der Waals surface area contributed by atoms with E-state index < -0.39 is 12.8 Å². The van der Waals surface area contributed by atoms with Gasteiger partial charge in [0.2, 0.25) is 0 Å². The standard InChI is InChI=1S/C9H9O3.C7H8S.CHF3/c10-9(11)12-7-6-8-4-2-1-3-5-8;1-8-7-5-3-2-4-6-7;2-1(3)4/h1-5H,6-7H2;2-6H,1H3;1H. The summed E-state index contributed by atoms with van der Waals surface area (Å²) >= 11 is 1.77. The molecule has 0 aliphatic heterocycles. The third kappa shape index (κ3) is 14.8. The van der Waals surface area contributed by atoms with Crippen molar-refractivity contribution in [1.29, 1.82) is 0 Å². The van der Waals surface area contributed by atoms with E-state index in [1.807, 2.05) is 48.5 Å². The van der Waals surface area contributed by atoms with Crippen LogP contribution in [0.25, 0.3) is 0 Å². The van der Waals surface area contributed by atoms with Gasteiger partial charge in [0.05, 0.1) is 6.61 Å². The molecular weight excluding hydrogens is 341 g/mol. The zero-order valence-corrected chi connectivity index (χ0v) is 13.8. The Balaban J connectivity index is 0.000000379. The first kappa shape index (κ1) is 21.9. The van der Waals surface area contributed by atoms with Crippen LogP contribution in [0.3, 0.4) is 0 Å². The molecule has 0 aliphatic rings. The average Bonchev–Trinajstić information content (AvgIpc) is 2.56. The summed E-state index contributed by atoms with van der Waals surface area (Å²) in [6.45, 7) is -3.51. The lowest BCUT2D eigenvalue weighted by atomic mass is 10.2. The third-order valence-corrected chi connectivity index (χ3v) is 3.18. The van der Waals surface area contributed by atoms with Gasteiger partial charge in [-0.1, -0.05) is 48.5 Å². The lowest BCUT2D eigenvalue weighted by Gasteiger charge is -1.98. The summed E-state index contributed by atoms with van der Waals surface area (Å²) in [5, 5.41) is 9.86. The van der Waals surface area contributed by atoms with Crippen LogP contribution in [0.15, 0.2) is 65.6 Å². The Kier molecular flexibility index (Phi) is 13.1. The van der Waals surface area contributed by atoms with Gasteiger partial charge in [0.15, 0.2) is 0 Å². The summed E-state index contributed by atoms with van der Waals surface area (Å²) in [7, 11) is 0. The van der Waals surface area contributed by atoms with Gasteiger partial charge in [-0.05, 0) is 24.0 Å². The van der Waals surface area contributed by atoms with Gasteiger partial charge in [0.25, 0.3) is 0 Å². The third-order valence-electron chi connectivity index (χ3n) is 2.43. The number of ether oxygens (including phenoxy) is 1.